The summed E-state index contributed by atoms with van der Waals surface area (Å²) >= 11 is 0. The maximum atomic E-state index is 5.69. The van der Waals surface area contributed by atoms with E-state index < -0.39 is 0 Å². The van der Waals surface area contributed by atoms with Crippen LogP contribution in [0.25, 0.3) is 0 Å². The average Bonchev–Trinajstić information content (AvgIpc) is 2.30. The Morgan fingerprint density at radius 3 is 2.29 bits per heavy atom. The van der Waals surface area contributed by atoms with E-state index in [0.717, 1.165) is 30.9 Å². The van der Waals surface area contributed by atoms with Crippen LogP contribution in [0.15, 0.2) is 18.3 Å². The summed E-state index contributed by atoms with van der Waals surface area (Å²) in [6.45, 7) is 10.0. The van der Waals surface area contributed by atoms with Crippen LogP contribution in [0.2, 0.25) is 0 Å². The Labute approximate surface area is 105 Å². The third-order valence-corrected chi connectivity index (χ3v) is 3.01. The van der Waals surface area contributed by atoms with Crippen LogP contribution in [0.4, 0.5) is 11.5 Å². The van der Waals surface area contributed by atoms with Crippen molar-refractivity contribution in [3.63, 3.8) is 0 Å². The van der Waals surface area contributed by atoms with E-state index in [-0.39, 0.29) is 0 Å². The van der Waals surface area contributed by atoms with Gasteiger partial charge in [-0.25, -0.2) is 4.98 Å². The van der Waals surface area contributed by atoms with Gasteiger partial charge in [0.15, 0.2) is 0 Å². The molecule has 2 N–H and O–H groups in total. The van der Waals surface area contributed by atoms with Crippen LogP contribution in [0.5, 0.6) is 0 Å². The largest absolute Gasteiger partial charge is 0.397 e. The molecular weight excluding hydrogens is 210 g/mol. The van der Waals surface area contributed by atoms with Gasteiger partial charge in [-0.05, 0) is 30.9 Å². The van der Waals surface area contributed by atoms with Crippen LogP contribution >= 0.6 is 0 Å². The van der Waals surface area contributed by atoms with Crippen molar-refractivity contribution in [2.24, 2.45) is 5.92 Å². The highest BCUT2D eigenvalue weighted by atomic mass is 15.2. The highest BCUT2D eigenvalue weighted by molar-refractivity contribution is 5.46. The van der Waals surface area contributed by atoms with Crippen molar-refractivity contribution in [3.8, 4) is 0 Å². The van der Waals surface area contributed by atoms with Gasteiger partial charge >= 0.3 is 0 Å². The zero-order valence-electron chi connectivity index (χ0n) is 11.5. The summed E-state index contributed by atoms with van der Waals surface area (Å²) in [6.07, 6.45) is 4.04. The summed E-state index contributed by atoms with van der Waals surface area (Å²) in [7, 11) is 0. The lowest BCUT2D eigenvalue weighted by atomic mass is 10.1. The highest BCUT2D eigenvalue weighted by Gasteiger charge is 2.17. The molecule has 96 valence electrons. The summed E-state index contributed by atoms with van der Waals surface area (Å²) < 4.78 is 0. The van der Waals surface area contributed by atoms with Gasteiger partial charge in [0, 0.05) is 12.6 Å². The fourth-order valence-corrected chi connectivity index (χ4v) is 2.12. The molecule has 0 fully saturated rings. The van der Waals surface area contributed by atoms with Gasteiger partial charge in [0.2, 0.25) is 0 Å². The minimum Gasteiger partial charge on any atom is -0.397 e. The topological polar surface area (TPSA) is 42.1 Å². The molecule has 0 saturated heterocycles. The van der Waals surface area contributed by atoms with E-state index in [4.69, 9.17) is 5.73 Å². The standard InChI is InChI=1S/C14H25N3/c1-5-13(6-2)17(10-11(3)4)14-8-7-12(15)9-16-14/h7-9,11,13H,5-6,10,15H2,1-4H3. The normalized spacial score (nSPS) is 11.2. The minimum absolute atomic E-state index is 0.563. The van der Waals surface area contributed by atoms with Gasteiger partial charge < -0.3 is 10.6 Å². The number of aromatic nitrogens is 1. The Morgan fingerprint density at radius 2 is 1.88 bits per heavy atom. The van der Waals surface area contributed by atoms with E-state index >= 15 is 0 Å². The fourth-order valence-electron chi connectivity index (χ4n) is 2.12. The molecule has 0 aliphatic heterocycles. The van der Waals surface area contributed by atoms with Gasteiger partial charge in [0.25, 0.3) is 0 Å². The minimum atomic E-state index is 0.563. The van der Waals surface area contributed by atoms with E-state index in [0.29, 0.717) is 12.0 Å². The number of rotatable bonds is 6. The molecule has 0 aliphatic carbocycles. The van der Waals surface area contributed by atoms with Crippen LogP contribution in [0, 0.1) is 5.92 Å². The van der Waals surface area contributed by atoms with E-state index in [1.165, 1.54) is 0 Å². The number of hydrogen-bond donors (Lipinski definition) is 1. The summed E-state index contributed by atoms with van der Waals surface area (Å²) in [6, 6.07) is 4.52. The summed E-state index contributed by atoms with van der Waals surface area (Å²) in [4.78, 5) is 6.86. The van der Waals surface area contributed by atoms with E-state index in [1.807, 2.05) is 12.1 Å². The van der Waals surface area contributed by atoms with Crippen LogP contribution in [-0.4, -0.2) is 17.6 Å². The SMILES string of the molecule is CCC(CC)N(CC(C)C)c1ccc(N)cn1. The molecule has 0 aliphatic rings. The Kier molecular flexibility index (Phi) is 5.26. The monoisotopic (exact) mass is 235 g/mol. The average molecular weight is 235 g/mol. The molecule has 1 rings (SSSR count). The highest BCUT2D eigenvalue weighted by Crippen LogP contribution is 2.20. The molecule has 0 radical (unpaired) electrons. The molecule has 0 unspecified atom stereocenters. The van der Waals surface area contributed by atoms with Gasteiger partial charge in [0.05, 0.1) is 11.9 Å². The molecule has 1 heterocycles. The first-order valence-electron chi connectivity index (χ1n) is 6.56. The molecule has 0 bridgehead atoms. The second kappa shape index (κ2) is 6.48. The van der Waals surface area contributed by atoms with Gasteiger partial charge in [-0.2, -0.15) is 0 Å². The Balaban J connectivity index is 2.92. The molecule has 0 amide bonds. The molecule has 0 aromatic carbocycles. The smallest absolute Gasteiger partial charge is 0.128 e. The quantitative estimate of drug-likeness (QED) is 0.822. The third kappa shape index (κ3) is 3.91. The summed E-state index contributed by atoms with van der Waals surface area (Å²) in [5.74, 6) is 1.68. The maximum Gasteiger partial charge on any atom is 0.128 e. The van der Waals surface area contributed by atoms with Gasteiger partial charge in [0.1, 0.15) is 5.82 Å². The number of hydrogen-bond acceptors (Lipinski definition) is 3. The molecule has 1 aromatic rings. The van der Waals surface area contributed by atoms with E-state index in [9.17, 15) is 0 Å². The molecule has 0 atom stereocenters. The van der Waals surface area contributed by atoms with Crippen molar-refractivity contribution < 1.29 is 0 Å². The molecule has 17 heavy (non-hydrogen) atoms. The number of nitrogens with zero attached hydrogens (tertiary/aromatic N) is 2. The van der Waals surface area contributed by atoms with Gasteiger partial charge in [-0.3, -0.25) is 0 Å². The predicted octanol–water partition coefficient (Wildman–Crippen LogP) is 3.31. The maximum absolute atomic E-state index is 5.69. The van der Waals surface area contributed by atoms with E-state index in [2.05, 4.69) is 37.6 Å². The van der Waals surface area contributed by atoms with Crippen molar-refractivity contribution in [2.45, 2.75) is 46.6 Å². The van der Waals surface area contributed by atoms with Crippen molar-refractivity contribution in [1.29, 1.82) is 0 Å². The molecular formula is C14H25N3. The number of nitrogen functional groups attached to an aromatic ring is 1. The summed E-state index contributed by atoms with van der Waals surface area (Å²) in [5.41, 5.74) is 6.41. The van der Waals surface area contributed by atoms with Gasteiger partial charge in [-0.15, -0.1) is 0 Å². The number of pyridine rings is 1. The van der Waals surface area contributed by atoms with Crippen LogP contribution < -0.4 is 10.6 Å². The lowest BCUT2D eigenvalue weighted by Crippen LogP contribution is -2.37. The fraction of sp³-hybridized carbons (Fsp3) is 0.643. The lowest BCUT2D eigenvalue weighted by Gasteiger charge is -2.33. The Hall–Kier alpha value is -1.25. The first-order valence-corrected chi connectivity index (χ1v) is 6.56. The van der Waals surface area contributed by atoms with Crippen LogP contribution in [-0.2, 0) is 0 Å². The second-order valence-electron chi connectivity index (χ2n) is 4.97. The molecule has 0 saturated carbocycles. The zero-order chi connectivity index (χ0) is 12.8. The zero-order valence-corrected chi connectivity index (χ0v) is 11.5. The predicted molar refractivity (Wildman–Crippen MR) is 75.2 cm³/mol. The molecule has 1 aromatic heterocycles. The molecule has 0 spiro atoms. The Morgan fingerprint density at radius 1 is 1.24 bits per heavy atom. The van der Waals surface area contributed by atoms with Crippen LogP contribution in [0.1, 0.15) is 40.5 Å². The lowest BCUT2D eigenvalue weighted by molar-refractivity contribution is 0.503. The van der Waals surface area contributed by atoms with Gasteiger partial charge in [-0.1, -0.05) is 27.7 Å². The van der Waals surface area contributed by atoms with Crippen molar-refractivity contribution >= 4 is 11.5 Å². The second-order valence-corrected chi connectivity index (χ2v) is 4.97. The van der Waals surface area contributed by atoms with Crippen molar-refractivity contribution in [1.82, 2.24) is 4.98 Å². The molecule has 3 nitrogen and oxygen atoms in total. The van der Waals surface area contributed by atoms with Crippen LogP contribution in [0.3, 0.4) is 0 Å². The number of nitrogens with two attached hydrogens (primary N) is 1. The van der Waals surface area contributed by atoms with Crippen molar-refractivity contribution in [3.05, 3.63) is 18.3 Å². The summed E-state index contributed by atoms with van der Waals surface area (Å²) in [5, 5.41) is 0. The third-order valence-electron chi connectivity index (χ3n) is 3.01. The van der Waals surface area contributed by atoms with E-state index in [1.54, 1.807) is 6.20 Å². The Bertz CT molecular complexity index is 315. The van der Waals surface area contributed by atoms with Crippen molar-refractivity contribution in [2.75, 3.05) is 17.2 Å². The number of anilines is 2. The first kappa shape index (κ1) is 13.8. The molecule has 3 heteroatoms. The first-order chi connectivity index (χ1) is 8.08.